The highest BCUT2D eigenvalue weighted by Crippen LogP contribution is 2.42. The number of carbonyl (C=O) groups excluding carboxylic acids is 1. The lowest BCUT2D eigenvalue weighted by molar-refractivity contribution is -0.437. The first kappa shape index (κ1) is 22.9. The Morgan fingerprint density at radius 3 is 2.52 bits per heavy atom. The molecule has 0 saturated heterocycles. The van der Waals surface area contributed by atoms with Crippen LogP contribution in [-0.2, 0) is 10.2 Å². The van der Waals surface area contributed by atoms with Crippen LogP contribution in [0, 0.1) is 0 Å². The van der Waals surface area contributed by atoms with E-state index in [-0.39, 0.29) is 11.3 Å². The van der Waals surface area contributed by atoms with Gasteiger partial charge in [0.05, 0.1) is 5.41 Å². The molecule has 0 unspecified atom stereocenters. The molecule has 4 rings (SSSR count). The van der Waals surface area contributed by atoms with E-state index in [0.717, 1.165) is 18.7 Å². The van der Waals surface area contributed by atoms with E-state index < -0.39 is 0 Å². The summed E-state index contributed by atoms with van der Waals surface area (Å²) in [5, 5.41) is 2.13. The van der Waals surface area contributed by atoms with Crippen LogP contribution in [0.25, 0.3) is 10.4 Å². The van der Waals surface area contributed by atoms with E-state index in [2.05, 4.69) is 67.1 Å². The highest BCUT2D eigenvalue weighted by atomic mass is 32.1. The van der Waals surface area contributed by atoms with Crippen molar-refractivity contribution < 1.29 is 9.37 Å². The van der Waals surface area contributed by atoms with Gasteiger partial charge in [0.15, 0.2) is 5.71 Å². The second-order valence-electron chi connectivity index (χ2n) is 8.80. The summed E-state index contributed by atoms with van der Waals surface area (Å²) in [6.45, 7) is 9.38. The van der Waals surface area contributed by atoms with Gasteiger partial charge in [0.1, 0.15) is 6.54 Å². The second-order valence-corrected chi connectivity index (χ2v) is 9.74. The minimum Gasteiger partial charge on any atom is -0.288 e. The standard InChI is InChI=1S/C29H31N2OS/c1-5-18-31-26-17-16-23(27-14-11-20-33-27)21-25(26)29(3,4)28(31)15-9-10-19-30(22(2)32)24-12-7-6-8-13-24/h6-17,19-21H,5,18H2,1-4H3/q+1. The van der Waals surface area contributed by atoms with Gasteiger partial charge in [0.2, 0.25) is 11.6 Å². The van der Waals surface area contributed by atoms with Gasteiger partial charge in [-0.25, -0.2) is 0 Å². The lowest BCUT2D eigenvalue weighted by Crippen LogP contribution is -2.27. The zero-order valence-electron chi connectivity index (χ0n) is 19.8. The molecule has 0 bridgehead atoms. The maximum atomic E-state index is 12.2. The van der Waals surface area contributed by atoms with Crippen molar-refractivity contribution in [1.29, 1.82) is 0 Å². The van der Waals surface area contributed by atoms with E-state index in [9.17, 15) is 4.79 Å². The predicted molar refractivity (Wildman–Crippen MR) is 141 cm³/mol. The molecule has 2 aromatic carbocycles. The first-order valence-electron chi connectivity index (χ1n) is 11.5. The van der Waals surface area contributed by atoms with Crippen molar-refractivity contribution >= 4 is 34.3 Å². The zero-order valence-corrected chi connectivity index (χ0v) is 20.6. The number of hydrogen-bond donors (Lipinski definition) is 0. The van der Waals surface area contributed by atoms with Gasteiger partial charge in [-0.15, -0.1) is 11.3 Å². The maximum Gasteiger partial charge on any atom is 0.227 e. The molecule has 0 spiro atoms. The highest BCUT2D eigenvalue weighted by Gasteiger charge is 2.44. The first-order chi connectivity index (χ1) is 15.9. The van der Waals surface area contributed by atoms with E-state index in [4.69, 9.17) is 0 Å². The smallest absolute Gasteiger partial charge is 0.227 e. The Labute approximate surface area is 201 Å². The molecule has 3 nitrogen and oxygen atoms in total. The third-order valence-corrected chi connectivity index (χ3v) is 7.04. The lowest BCUT2D eigenvalue weighted by atomic mass is 9.80. The fourth-order valence-electron chi connectivity index (χ4n) is 4.48. The Hall–Kier alpha value is -3.24. The summed E-state index contributed by atoms with van der Waals surface area (Å²) in [5.41, 5.74) is 5.96. The molecule has 1 aliphatic heterocycles. The van der Waals surface area contributed by atoms with Gasteiger partial charge in [-0.05, 0) is 61.2 Å². The van der Waals surface area contributed by atoms with Crippen LogP contribution in [0.3, 0.4) is 0 Å². The first-order valence-corrected chi connectivity index (χ1v) is 12.3. The molecule has 0 N–H and O–H groups in total. The number of rotatable bonds is 7. The van der Waals surface area contributed by atoms with Crippen molar-refractivity contribution in [2.24, 2.45) is 0 Å². The minimum absolute atomic E-state index is 0.0131. The topological polar surface area (TPSA) is 23.3 Å². The number of anilines is 1. The largest absolute Gasteiger partial charge is 0.288 e. The molecule has 1 aliphatic rings. The van der Waals surface area contributed by atoms with Gasteiger partial charge < -0.3 is 0 Å². The Kier molecular flexibility index (Phi) is 6.75. The molecular formula is C29H31N2OS+. The number of amides is 1. The molecule has 0 aliphatic carbocycles. The molecular weight excluding hydrogens is 424 g/mol. The average molecular weight is 456 g/mol. The molecule has 168 valence electrons. The van der Waals surface area contributed by atoms with E-state index in [0.29, 0.717) is 0 Å². The normalized spacial score (nSPS) is 14.9. The quantitative estimate of drug-likeness (QED) is 0.270. The van der Waals surface area contributed by atoms with Crippen LogP contribution in [0.1, 0.15) is 39.7 Å². The third kappa shape index (κ3) is 4.62. The summed E-state index contributed by atoms with van der Waals surface area (Å²) >= 11 is 1.78. The molecule has 3 aromatic rings. The lowest BCUT2D eigenvalue weighted by Gasteiger charge is -2.16. The van der Waals surface area contributed by atoms with E-state index >= 15 is 0 Å². The molecule has 4 heteroatoms. The monoisotopic (exact) mass is 455 g/mol. The summed E-state index contributed by atoms with van der Waals surface area (Å²) in [4.78, 5) is 15.1. The van der Waals surface area contributed by atoms with Crippen molar-refractivity contribution in [2.75, 3.05) is 11.4 Å². The Balaban J connectivity index is 1.65. The van der Waals surface area contributed by atoms with Crippen LogP contribution in [0.5, 0.6) is 0 Å². The number of fused-ring (bicyclic) bond motifs is 1. The summed E-state index contributed by atoms with van der Waals surface area (Å²) in [6.07, 6.45) is 9.09. The molecule has 2 heterocycles. The molecule has 1 amide bonds. The van der Waals surface area contributed by atoms with Crippen LogP contribution < -0.4 is 4.90 Å². The van der Waals surface area contributed by atoms with Gasteiger partial charge in [-0.1, -0.05) is 37.3 Å². The number of thiophene rings is 1. The van der Waals surface area contributed by atoms with Crippen LogP contribution >= 0.6 is 11.3 Å². The van der Waals surface area contributed by atoms with Crippen LogP contribution in [0.2, 0.25) is 0 Å². The maximum absolute atomic E-state index is 12.2. The van der Waals surface area contributed by atoms with Crippen LogP contribution in [0.4, 0.5) is 11.4 Å². The van der Waals surface area contributed by atoms with Crippen molar-refractivity contribution in [3.63, 3.8) is 0 Å². The number of para-hydroxylation sites is 1. The Bertz CT molecular complexity index is 1220. The van der Waals surface area contributed by atoms with E-state index in [1.807, 2.05) is 48.7 Å². The van der Waals surface area contributed by atoms with Gasteiger partial charge in [-0.2, -0.15) is 4.58 Å². The van der Waals surface area contributed by atoms with Gasteiger partial charge >= 0.3 is 0 Å². The van der Waals surface area contributed by atoms with Crippen LogP contribution in [-0.4, -0.2) is 22.7 Å². The summed E-state index contributed by atoms with van der Waals surface area (Å²) in [5.74, 6) is -0.0131. The van der Waals surface area contributed by atoms with Crippen LogP contribution in [0.15, 0.2) is 90.5 Å². The molecule has 1 aromatic heterocycles. The second kappa shape index (κ2) is 9.72. The highest BCUT2D eigenvalue weighted by molar-refractivity contribution is 7.13. The summed E-state index contributed by atoms with van der Waals surface area (Å²) in [7, 11) is 0. The fourth-order valence-corrected chi connectivity index (χ4v) is 5.20. The summed E-state index contributed by atoms with van der Waals surface area (Å²) < 4.78 is 2.44. The van der Waals surface area contributed by atoms with Crippen molar-refractivity contribution in [3.05, 3.63) is 96.0 Å². The van der Waals surface area contributed by atoms with Crippen molar-refractivity contribution in [2.45, 2.75) is 39.5 Å². The number of carbonyl (C=O) groups is 1. The number of allylic oxidation sites excluding steroid dienone is 3. The number of benzene rings is 2. The summed E-state index contributed by atoms with van der Waals surface area (Å²) in [6, 6.07) is 20.9. The molecule has 0 fully saturated rings. The van der Waals surface area contributed by atoms with Gasteiger partial charge in [-0.3, -0.25) is 9.69 Å². The van der Waals surface area contributed by atoms with Gasteiger partial charge in [0, 0.05) is 47.8 Å². The minimum atomic E-state index is -0.109. The molecule has 33 heavy (non-hydrogen) atoms. The average Bonchev–Trinajstić information content (AvgIpc) is 3.41. The van der Waals surface area contributed by atoms with Gasteiger partial charge in [0.25, 0.3) is 0 Å². The molecule has 0 radical (unpaired) electrons. The predicted octanol–water partition coefficient (Wildman–Crippen LogP) is 7.32. The number of nitrogens with zero attached hydrogens (tertiary/aromatic N) is 2. The third-order valence-electron chi connectivity index (χ3n) is 6.12. The number of hydrogen-bond acceptors (Lipinski definition) is 2. The van der Waals surface area contributed by atoms with E-state index in [1.165, 1.54) is 27.4 Å². The van der Waals surface area contributed by atoms with E-state index in [1.54, 1.807) is 23.2 Å². The fraction of sp³-hybridized carbons (Fsp3) is 0.241. The SMILES string of the molecule is CCC[N+]1=C(/C=C/C=C/N(C(C)=O)c2ccccc2)C(C)(C)c2cc(-c3cccs3)ccc21. The molecule has 0 saturated carbocycles. The zero-order chi connectivity index (χ0) is 23.4. The Morgan fingerprint density at radius 2 is 1.85 bits per heavy atom. The Morgan fingerprint density at radius 1 is 1.06 bits per heavy atom. The van der Waals surface area contributed by atoms with Crippen molar-refractivity contribution in [1.82, 2.24) is 0 Å². The molecule has 0 atom stereocenters. The van der Waals surface area contributed by atoms with Crippen molar-refractivity contribution in [3.8, 4) is 10.4 Å².